The predicted molar refractivity (Wildman–Crippen MR) is 69.6 cm³/mol. The van der Waals surface area contributed by atoms with Crippen molar-refractivity contribution in [2.24, 2.45) is 5.73 Å². The molecular weight excluding hydrogens is 256 g/mol. The first kappa shape index (κ1) is 12.2. The first-order chi connectivity index (χ1) is 8.08. The maximum atomic E-state index is 12.1. The zero-order chi connectivity index (χ0) is 12.4. The van der Waals surface area contributed by atoms with E-state index in [0.29, 0.717) is 16.3 Å². The summed E-state index contributed by atoms with van der Waals surface area (Å²) in [5, 5.41) is 3.11. The molecule has 3 nitrogen and oxygen atoms in total. The quantitative estimate of drug-likeness (QED) is 0.869. The molecule has 2 N–H and O–H groups in total. The standard InChI is InChI=1S/C12H11ClN2OS/c1-7(14)12-15-10(6-17-12)11(16)8-2-4-9(13)5-3-8/h2-7H,14H2,1H3. The number of benzene rings is 1. The maximum Gasteiger partial charge on any atom is 0.212 e. The smallest absolute Gasteiger partial charge is 0.212 e. The molecule has 1 aromatic heterocycles. The van der Waals surface area contributed by atoms with Crippen LogP contribution in [0.5, 0.6) is 0 Å². The zero-order valence-electron chi connectivity index (χ0n) is 9.18. The lowest BCUT2D eigenvalue weighted by Gasteiger charge is -1.99. The van der Waals surface area contributed by atoms with Gasteiger partial charge in [0.25, 0.3) is 0 Å². The van der Waals surface area contributed by atoms with Crippen LogP contribution in [0.3, 0.4) is 0 Å². The van der Waals surface area contributed by atoms with Crippen LogP contribution in [0, 0.1) is 0 Å². The summed E-state index contributed by atoms with van der Waals surface area (Å²) in [6.45, 7) is 1.84. The fourth-order valence-electron chi connectivity index (χ4n) is 1.35. The van der Waals surface area contributed by atoms with Gasteiger partial charge in [-0.05, 0) is 31.2 Å². The fourth-order valence-corrected chi connectivity index (χ4v) is 2.23. The van der Waals surface area contributed by atoms with Gasteiger partial charge in [0.05, 0.1) is 6.04 Å². The van der Waals surface area contributed by atoms with Crippen molar-refractivity contribution in [3.05, 3.63) is 50.9 Å². The predicted octanol–water partition coefficient (Wildman–Crippen LogP) is 3.05. The van der Waals surface area contributed by atoms with Gasteiger partial charge in [-0.3, -0.25) is 4.79 Å². The highest BCUT2D eigenvalue weighted by molar-refractivity contribution is 7.09. The van der Waals surface area contributed by atoms with Crippen LogP contribution < -0.4 is 5.73 Å². The van der Waals surface area contributed by atoms with Crippen molar-refractivity contribution in [1.82, 2.24) is 4.98 Å². The van der Waals surface area contributed by atoms with Gasteiger partial charge in [0.1, 0.15) is 10.7 Å². The lowest BCUT2D eigenvalue weighted by molar-refractivity contribution is 0.103. The highest BCUT2D eigenvalue weighted by Gasteiger charge is 2.14. The maximum absolute atomic E-state index is 12.1. The average Bonchev–Trinajstić information content (AvgIpc) is 2.78. The number of hydrogen-bond acceptors (Lipinski definition) is 4. The Labute approximate surface area is 108 Å². The van der Waals surface area contributed by atoms with Gasteiger partial charge in [-0.25, -0.2) is 4.98 Å². The number of carbonyl (C=O) groups excluding carboxylic acids is 1. The third-order valence-corrected chi connectivity index (χ3v) is 3.55. The minimum Gasteiger partial charge on any atom is -0.322 e. The van der Waals surface area contributed by atoms with Gasteiger partial charge in [0.15, 0.2) is 0 Å². The van der Waals surface area contributed by atoms with E-state index in [0.717, 1.165) is 5.01 Å². The number of aromatic nitrogens is 1. The monoisotopic (exact) mass is 266 g/mol. The van der Waals surface area contributed by atoms with Gasteiger partial charge in [0.2, 0.25) is 5.78 Å². The van der Waals surface area contributed by atoms with Crippen LogP contribution in [0.1, 0.15) is 34.0 Å². The molecule has 1 heterocycles. The summed E-state index contributed by atoms with van der Waals surface area (Å²) in [4.78, 5) is 16.3. The lowest BCUT2D eigenvalue weighted by Crippen LogP contribution is -2.06. The molecule has 0 radical (unpaired) electrons. The Kier molecular flexibility index (Phi) is 3.57. The molecule has 0 spiro atoms. The Morgan fingerprint density at radius 2 is 2.06 bits per heavy atom. The molecule has 0 bridgehead atoms. The minimum absolute atomic E-state index is 0.107. The summed E-state index contributed by atoms with van der Waals surface area (Å²) in [7, 11) is 0. The minimum atomic E-state index is -0.147. The van der Waals surface area contributed by atoms with Crippen molar-refractivity contribution in [2.45, 2.75) is 13.0 Å². The molecule has 1 atom stereocenters. The SMILES string of the molecule is CC(N)c1nc(C(=O)c2ccc(Cl)cc2)cs1. The summed E-state index contributed by atoms with van der Waals surface area (Å²) < 4.78 is 0. The van der Waals surface area contributed by atoms with E-state index >= 15 is 0 Å². The highest BCUT2D eigenvalue weighted by Crippen LogP contribution is 2.19. The molecule has 1 unspecified atom stereocenters. The van der Waals surface area contributed by atoms with Gasteiger partial charge in [-0.1, -0.05) is 11.6 Å². The van der Waals surface area contributed by atoms with E-state index in [-0.39, 0.29) is 11.8 Å². The number of thiazole rings is 1. The molecule has 0 amide bonds. The Morgan fingerprint density at radius 1 is 1.41 bits per heavy atom. The number of carbonyl (C=O) groups is 1. The molecule has 0 saturated heterocycles. The number of rotatable bonds is 3. The molecule has 0 fully saturated rings. The first-order valence-corrected chi connectivity index (χ1v) is 6.35. The number of nitrogens with two attached hydrogens (primary N) is 1. The van der Waals surface area contributed by atoms with Crippen molar-refractivity contribution in [2.75, 3.05) is 0 Å². The van der Waals surface area contributed by atoms with Gasteiger partial charge >= 0.3 is 0 Å². The van der Waals surface area contributed by atoms with Crippen LogP contribution in [0.4, 0.5) is 0 Å². The van der Waals surface area contributed by atoms with Crippen LogP contribution >= 0.6 is 22.9 Å². The molecule has 17 heavy (non-hydrogen) atoms. The van der Waals surface area contributed by atoms with Crippen LogP contribution in [0.25, 0.3) is 0 Å². The van der Waals surface area contributed by atoms with E-state index < -0.39 is 0 Å². The third-order valence-electron chi connectivity index (χ3n) is 2.25. The molecule has 0 aliphatic carbocycles. The van der Waals surface area contributed by atoms with Crippen molar-refractivity contribution < 1.29 is 4.79 Å². The summed E-state index contributed by atoms with van der Waals surface area (Å²) >= 11 is 7.17. The van der Waals surface area contributed by atoms with Gasteiger partial charge in [0, 0.05) is 16.0 Å². The summed E-state index contributed by atoms with van der Waals surface area (Å²) in [6, 6.07) is 6.61. The van der Waals surface area contributed by atoms with E-state index in [1.165, 1.54) is 11.3 Å². The zero-order valence-corrected chi connectivity index (χ0v) is 10.8. The van der Waals surface area contributed by atoms with E-state index in [2.05, 4.69) is 4.98 Å². The second-order valence-electron chi connectivity index (χ2n) is 3.70. The average molecular weight is 267 g/mol. The normalized spacial score (nSPS) is 12.4. The van der Waals surface area contributed by atoms with Gasteiger partial charge in [-0.2, -0.15) is 0 Å². The molecule has 0 aliphatic heterocycles. The lowest BCUT2D eigenvalue weighted by atomic mass is 10.1. The van der Waals surface area contributed by atoms with E-state index in [4.69, 9.17) is 17.3 Å². The van der Waals surface area contributed by atoms with Crippen LogP contribution in [-0.2, 0) is 0 Å². The number of ketones is 1. The van der Waals surface area contributed by atoms with Crippen LogP contribution in [0.15, 0.2) is 29.6 Å². The van der Waals surface area contributed by atoms with E-state index in [9.17, 15) is 4.79 Å². The number of nitrogens with zero attached hydrogens (tertiary/aromatic N) is 1. The first-order valence-electron chi connectivity index (χ1n) is 5.09. The number of hydrogen-bond donors (Lipinski definition) is 1. The Morgan fingerprint density at radius 3 is 2.59 bits per heavy atom. The molecule has 88 valence electrons. The third kappa shape index (κ3) is 2.72. The van der Waals surface area contributed by atoms with Crippen molar-refractivity contribution >= 4 is 28.7 Å². The molecule has 1 aromatic carbocycles. The summed E-state index contributed by atoms with van der Waals surface area (Å²) in [5.41, 5.74) is 6.72. The number of halogens is 1. The van der Waals surface area contributed by atoms with Crippen LogP contribution in [0.2, 0.25) is 5.02 Å². The van der Waals surface area contributed by atoms with Crippen molar-refractivity contribution in [3.8, 4) is 0 Å². The molecule has 2 aromatic rings. The van der Waals surface area contributed by atoms with Gasteiger partial charge < -0.3 is 5.73 Å². The highest BCUT2D eigenvalue weighted by atomic mass is 35.5. The summed E-state index contributed by atoms with van der Waals surface area (Å²) in [6.07, 6.45) is 0. The van der Waals surface area contributed by atoms with E-state index in [1.807, 2.05) is 6.92 Å². The topological polar surface area (TPSA) is 56.0 Å². The molecule has 5 heteroatoms. The summed E-state index contributed by atoms with van der Waals surface area (Å²) in [5.74, 6) is -0.107. The second-order valence-corrected chi connectivity index (χ2v) is 5.02. The molecule has 0 saturated carbocycles. The molecule has 0 aliphatic rings. The van der Waals surface area contributed by atoms with Gasteiger partial charge in [-0.15, -0.1) is 11.3 Å². The van der Waals surface area contributed by atoms with Crippen molar-refractivity contribution in [1.29, 1.82) is 0 Å². The Balaban J connectivity index is 2.27. The fraction of sp³-hybridized carbons (Fsp3) is 0.167. The Bertz CT molecular complexity index is 534. The second kappa shape index (κ2) is 4.96. The largest absolute Gasteiger partial charge is 0.322 e. The molecule has 2 rings (SSSR count). The van der Waals surface area contributed by atoms with Crippen LogP contribution in [-0.4, -0.2) is 10.8 Å². The Hall–Kier alpha value is -1.23. The van der Waals surface area contributed by atoms with E-state index in [1.54, 1.807) is 29.6 Å². The molecular formula is C12H11ClN2OS. The van der Waals surface area contributed by atoms with Crippen molar-refractivity contribution in [3.63, 3.8) is 0 Å².